The second kappa shape index (κ2) is 15.1. The molecule has 0 bridgehead atoms. The van der Waals surface area contributed by atoms with Crippen LogP contribution in [0.4, 0.5) is 4.39 Å². The number of nitrogens with one attached hydrogen (secondary N) is 2. The number of hydroxylamine groups is 3. The Hall–Kier alpha value is -2.85. The Morgan fingerprint density at radius 3 is 2.74 bits per heavy atom. The summed E-state index contributed by atoms with van der Waals surface area (Å²) in [4.78, 5) is 29.4. The van der Waals surface area contributed by atoms with Crippen LogP contribution in [0.2, 0.25) is 0 Å². The van der Waals surface area contributed by atoms with Crippen LogP contribution >= 0.6 is 0 Å². The van der Waals surface area contributed by atoms with Gasteiger partial charge in [-0.15, -0.1) is 0 Å². The summed E-state index contributed by atoms with van der Waals surface area (Å²) in [6.45, 7) is 1.46. The Bertz CT molecular complexity index is 1050. The summed E-state index contributed by atoms with van der Waals surface area (Å²) in [6.07, 6.45) is 15.2. The Labute approximate surface area is 229 Å². The number of halogens is 1. The number of amides is 2. The van der Waals surface area contributed by atoms with Crippen LogP contribution < -0.4 is 10.8 Å². The van der Waals surface area contributed by atoms with Gasteiger partial charge in [0.2, 0.25) is 11.8 Å². The van der Waals surface area contributed by atoms with Crippen molar-refractivity contribution in [3.8, 4) is 0 Å². The summed E-state index contributed by atoms with van der Waals surface area (Å²) in [6, 6.07) is 5.90. The predicted molar refractivity (Wildman–Crippen MR) is 146 cm³/mol. The van der Waals surface area contributed by atoms with Gasteiger partial charge in [0.15, 0.2) is 6.29 Å². The number of ether oxygens (including phenoxy) is 1. The first-order valence-electron chi connectivity index (χ1n) is 14.1. The van der Waals surface area contributed by atoms with Gasteiger partial charge in [-0.25, -0.2) is 14.7 Å². The summed E-state index contributed by atoms with van der Waals surface area (Å²) < 4.78 is 18.5. The van der Waals surface area contributed by atoms with E-state index in [2.05, 4.69) is 10.8 Å². The number of benzene rings is 1. The van der Waals surface area contributed by atoms with Gasteiger partial charge >= 0.3 is 0 Å². The molecule has 2 fully saturated rings. The fourth-order valence-corrected chi connectivity index (χ4v) is 5.33. The van der Waals surface area contributed by atoms with Gasteiger partial charge in [0.05, 0.1) is 0 Å². The van der Waals surface area contributed by atoms with Gasteiger partial charge in [0.1, 0.15) is 5.82 Å². The molecule has 212 valence electrons. The van der Waals surface area contributed by atoms with E-state index in [1.807, 2.05) is 18.2 Å². The quantitative estimate of drug-likeness (QED) is 0.208. The van der Waals surface area contributed by atoms with Crippen molar-refractivity contribution >= 4 is 11.8 Å². The molecule has 4 rings (SSSR count). The van der Waals surface area contributed by atoms with E-state index in [0.29, 0.717) is 25.5 Å². The van der Waals surface area contributed by atoms with Crippen molar-refractivity contribution in [1.82, 2.24) is 15.9 Å². The smallest absolute Gasteiger partial charge is 0.243 e. The minimum absolute atomic E-state index is 0.140. The fraction of sp³-hybridized carbons (Fsp3) is 0.533. The third-order valence-corrected chi connectivity index (χ3v) is 7.49. The summed E-state index contributed by atoms with van der Waals surface area (Å²) in [7, 11) is 0. The van der Waals surface area contributed by atoms with Crippen LogP contribution in [0.25, 0.3) is 0 Å². The lowest BCUT2D eigenvalue weighted by Gasteiger charge is -2.37. The number of allylic oxidation sites excluding steroid dienone is 4. The number of fused-ring (bicyclic) bond motifs is 1. The number of carbonyl (C=O) groups is 2. The molecule has 1 heterocycles. The van der Waals surface area contributed by atoms with Gasteiger partial charge in [0.25, 0.3) is 0 Å². The van der Waals surface area contributed by atoms with Crippen molar-refractivity contribution in [2.75, 3.05) is 13.2 Å². The molecule has 0 aromatic heterocycles. The maximum Gasteiger partial charge on any atom is 0.243 e. The normalized spacial score (nSPS) is 22.9. The highest BCUT2D eigenvalue weighted by Crippen LogP contribution is 2.41. The zero-order valence-corrected chi connectivity index (χ0v) is 22.4. The number of hydrogen-bond donors (Lipinski definition) is 2. The van der Waals surface area contributed by atoms with Crippen LogP contribution in [-0.2, 0) is 25.7 Å². The molecule has 0 spiro atoms. The lowest BCUT2D eigenvalue weighted by molar-refractivity contribution is -0.200. The van der Waals surface area contributed by atoms with Crippen molar-refractivity contribution in [1.29, 1.82) is 0 Å². The standard InChI is InChI=1S/C30H39FN3O5/c31-25-13-8-23(9-14-25)21-34(37)27-16-12-24-20-22(10-15-26(24)27)11-17-28(35)32-18-4-1-2-6-29(36)33-39-30-7-3-5-19-38-30/h8-11,13-15,17,24,27,30H,1-7,12,16,18-21H2,(H,32,35)(H,33,36)/q-1/b17-11+. The molecule has 1 saturated heterocycles. The second-order valence-electron chi connectivity index (χ2n) is 10.5. The fourth-order valence-electron chi connectivity index (χ4n) is 5.33. The van der Waals surface area contributed by atoms with Gasteiger partial charge in [-0.1, -0.05) is 42.4 Å². The maximum atomic E-state index is 13.1. The van der Waals surface area contributed by atoms with Gasteiger partial charge in [-0.2, -0.15) is 0 Å². The van der Waals surface area contributed by atoms with E-state index < -0.39 is 0 Å². The molecule has 1 aromatic carbocycles. The lowest BCUT2D eigenvalue weighted by atomic mass is 9.88. The van der Waals surface area contributed by atoms with E-state index in [4.69, 9.17) is 9.57 Å². The molecule has 3 unspecified atom stereocenters. The van der Waals surface area contributed by atoms with E-state index in [0.717, 1.165) is 79.6 Å². The molecule has 8 nitrogen and oxygen atoms in total. The molecule has 1 aliphatic heterocycles. The average Bonchev–Trinajstić information content (AvgIpc) is 3.38. The summed E-state index contributed by atoms with van der Waals surface area (Å²) >= 11 is 0. The van der Waals surface area contributed by atoms with E-state index >= 15 is 0 Å². The first-order valence-corrected chi connectivity index (χ1v) is 14.1. The number of unbranched alkanes of at least 4 members (excludes halogenated alkanes) is 2. The van der Waals surface area contributed by atoms with Crippen molar-refractivity contribution in [2.45, 2.75) is 83.1 Å². The van der Waals surface area contributed by atoms with Crippen LogP contribution in [0, 0.1) is 16.9 Å². The molecule has 0 radical (unpaired) electrons. The van der Waals surface area contributed by atoms with E-state index in [-0.39, 0.29) is 36.5 Å². The molecule has 39 heavy (non-hydrogen) atoms. The number of hydrogen-bond acceptors (Lipinski definition) is 6. The van der Waals surface area contributed by atoms with E-state index in [1.54, 1.807) is 18.2 Å². The molecule has 1 aromatic rings. The molecule has 3 aliphatic rings. The highest BCUT2D eigenvalue weighted by Gasteiger charge is 2.32. The minimum Gasteiger partial charge on any atom is -0.784 e. The van der Waals surface area contributed by atoms with Gasteiger partial charge in [0, 0.05) is 44.7 Å². The Kier molecular flexibility index (Phi) is 11.3. The number of carbonyl (C=O) groups excluding carboxylic acids is 2. The zero-order chi connectivity index (χ0) is 27.5. The monoisotopic (exact) mass is 540 g/mol. The Morgan fingerprint density at radius 2 is 1.95 bits per heavy atom. The Balaban J connectivity index is 1.10. The van der Waals surface area contributed by atoms with Crippen molar-refractivity contribution < 1.29 is 23.6 Å². The van der Waals surface area contributed by atoms with Crippen molar-refractivity contribution in [3.63, 3.8) is 0 Å². The Morgan fingerprint density at radius 1 is 1.10 bits per heavy atom. The molecule has 9 heteroatoms. The minimum atomic E-state index is -0.342. The largest absolute Gasteiger partial charge is 0.784 e. The SMILES string of the molecule is O=C(/C=C/C1=CC=C2C(CCC2N([O-])Cc2ccc(F)cc2)C1)NCCCCCC(=O)NOC1CCCCO1. The molecule has 2 aliphatic carbocycles. The third-order valence-electron chi connectivity index (χ3n) is 7.49. The van der Waals surface area contributed by atoms with E-state index in [1.165, 1.54) is 12.1 Å². The predicted octanol–water partition coefficient (Wildman–Crippen LogP) is 4.97. The van der Waals surface area contributed by atoms with Crippen LogP contribution in [0.1, 0.15) is 69.8 Å². The summed E-state index contributed by atoms with van der Waals surface area (Å²) in [5.74, 6) is -0.290. The zero-order valence-electron chi connectivity index (χ0n) is 22.4. The van der Waals surface area contributed by atoms with Gasteiger partial charge < -0.3 is 20.3 Å². The topological polar surface area (TPSA) is 103 Å². The van der Waals surface area contributed by atoms with Gasteiger partial charge in [-0.3, -0.25) is 9.59 Å². The first-order chi connectivity index (χ1) is 19.0. The highest BCUT2D eigenvalue weighted by molar-refractivity contribution is 5.87. The van der Waals surface area contributed by atoms with Crippen LogP contribution in [0.15, 0.2) is 59.7 Å². The van der Waals surface area contributed by atoms with Crippen LogP contribution in [0.5, 0.6) is 0 Å². The lowest BCUT2D eigenvalue weighted by Crippen LogP contribution is -2.33. The highest BCUT2D eigenvalue weighted by atomic mass is 19.1. The maximum absolute atomic E-state index is 13.1. The first kappa shape index (κ1) is 29.1. The molecule has 3 atom stereocenters. The van der Waals surface area contributed by atoms with Crippen LogP contribution in [-0.4, -0.2) is 42.4 Å². The molecular formula is C30H39FN3O5-. The molecule has 1 saturated carbocycles. The molecule has 2 N–H and O–H groups in total. The van der Waals surface area contributed by atoms with Crippen LogP contribution in [0.3, 0.4) is 0 Å². The average molecular weight is 541 g/mol. The number of rotatable bonds is 13. The third kappa shape index (κ3) is 9.39. The van der Waals surface area contributed by atoms with Gasteiger partial charge in [-0.05, 0) is 74.1 Å². The van der Waals surface area contributed by atoms with E-state index in [9.17, 15) is 19.2 Å². The van der Waals surface area contributed by atoms with Crippen molar-refractivity contribution in [3.05, 3.63) is 76.3 Å². The molecular weight excluding hydrogens is 501 g/mol. The van der Waals surface area contributed by atoms with Crippen molar-refractivity contribution in [2.24, 2.45) is 5.92 Å². The number of nitrogens with zero attached hydrogens (tertiary/aromatic N) is 1. The second-order valence-corrected chi connectivity index (χ2v) is 10.5. The molecule has 2 amide bonds. The summed E-state index contributed by atoms with van der Waals surface area (Å²) in [5.41, 5.74) is 5.48. The summed E-state index contributed by atoms with van der Waals surface area (Å²) in [5, 5.41) is 16.8.